The van der Waals surface area contributed by atoms with Crippen LogP contribution in [0.3, 0.4) is 0 Å². The quantitative estimate of drug-likeness (QED) is 0.813. The normalized spacial score (nSPS) is 15.6. The topological polar surface area (TPSA) is 68.6 Å². The van der Waals surface area contributed by atoms with Gasteiger partial charge in [0.2, 0.25) is 0 Å². The number of rotatable bonds is 4. The molecule has 0 amide bonds. The van der Waals surface area contributed by atoms with Gasteiger partial charge in [0.1, 0.15) is 6.61 Å². The van der Waals surface area contributed by atoms with E-state index in [1.807, 2.05) is 30.3 Å². The second-order valence-electron chi connectivity index (χ2n) is 5.07. The maximum Gasteiger partial charge on any atom is 0.357 e. The van der Waals surface area contributed by atoms with Gasteiger partial charge in [-0.2, -0.15) is 4.36 Å². The molecule has 22 heavy (non-hydrogen) atoms. The predicted octanol–water partition coefficient (Wildman–Crippen LogP) is 2.94. The lowest BCUT2D eigenvalue weighted by atomic mass is 10.2. The van der Waals surface area contributed by atoms with E-state index >= 15 is 0 Å². The maximum absolute atomic E-state index is 12.1. The average molecular weight is 316 g/mol. The zero-order valence-corrected chi connectivity index (χ0v) is 12.8. The molecule has 6 heteroatoms. The molecule has 0 spiro atoms. The van der Waals surface area contributed by atoms with Crippen LogP contribution in [0, 0.1) is 0 Å². The summed E-state index contributed by atoms with van der Waals surface area (Å²) >= 11 is 0. The van der Waals surface area contributed by atoms with E-state index in [9.17, 15) is 9.00 Å². The molecule has 0 aliphatic carbocycles. The third kappa shape index (κ3) is 3.51. The SMILES string of the molecule is O=C(OCc1ccccc1)c1cccc(N=S2(=O)CCC2)n1. The molecule has 0 atom stereocenters. The van der Waals surface area contributed by atoms with Crippen LogP contribution in [0.5, 0.6) is 0 Å². The summed E-state index contributed by atoms with van der Waals surface area (Å²) in [5.41, 5.74) is 1.09. The van der Waals surface area contributed by atoms with Crippen LogP contribution in [-0.2, 0) is 21.1 Å². The fourth-order valence-electron chi connectivity index (χ4n) is 2.04. The standard InChI is InChI=1S/C16H16N2O3S/c19-16(21-12-13-6-2-1-3-7-13)14-8-4-9-15(17-14)18-22(20)10-5-11-22/h1-4,6-9H,5,10-12H2. The minimum absolute atomic E-state index is 0.180. The van der Waals surface area contributed by atoms with Crippen molar-refractivity contribution in [3.63, 3.8) is 0 Å². The Morgan fingerprint density at radius 1 is 1.14 bits per heavy atom. The van der Waals surface area contributed by atoms with Crippen LogP contribution in [0.2, 0.25) is 0 Å². The highest BCUT2D eigenvalue weighted by molar-refractivity contribution is 7.95. The van der Waals surface area contributed by atoms with Crippen molar-refractivity contribution in [2.24, 2.45) is 4.36 Å². The summed E-state index contributed by atoms with van der Waals surface area (Å²) in [6, 6.07) is 14.3. The second-order valence-corrected chi connectivity index (χ2v) is 7.61. The van der Waals surface area contributed by atoms with E-state index in [1.165, 1.54) is 0 Å². The van der Waals surface area contributed by atoms with E-state index in [0.29, 0.717) is 17.3 Å². The summed E-state index contributed by atoms with van der Waals surface area (Å²) in [6.07, 6.45) is 0.932. The molecule has 1 aliphatic heterocycles. The number of ether oxygens (including phenoxy) is 1. The summed E-state index contributed by atoms with van der Waals surface area (Å²) in [5, 5.41) is 0. The Balaban J connectivity index is 1.70. The molecular formula is C16H16N2O3S. The molecule has 5 nitrogen and oxygen atoms in total. The van der Waals surface area contributed by atoms with Gasteiger partial charge in [-0.3, -0.25) is 0 Å². The van der Waals surface area contributed by atoms with Gasteiger partial charge in [-0.15, -0.1) is 0 Å². The minimum atomic E-state index is -2.13. The first-order valence-corrected chi connectivity index (χ1v) is 8.91. The molecule has 1 aromatic carbocycles. The van der Waals surface area contributed by atoms with E-state index in [-0.39, 0.29) is 12.3 Å². The lowest BCUT2D eigenvalue weighted by Crippen LogP contribution is -2.23. The number of carbonyl (C=O) groups is 1. The Bertz CT molecular complexity index is 786. The van der Waals surface area contributed by atoms with Crippen LogP contribution in [0.1, 0.15) is 22.5 Å². The molecule has 1 fully saturated rings. The van der Waals surface area contributed by atoms with Crippen molar-refractivity contribution in [2.45, 2.75) is 13.0 Å². The number of carbonyl (C=O) groups excluding carboxylic acids is 1. The molecule has 1 aromatic heterocycles. The van der Waals surface area contributed by atoms with Gasteiger partial charge in [0, 0.05) is 11.5 Å². The number of nitrogens with zero attached hydrogens (tertiary/aromatic N) is 2. The van der Waals surface area contributed by atoms with Crippen molar-refractivity contribution in [1.82, 2.24) is 4.98 Å². The van der Waals surface area contributed by atoms with Crippen LogP contribution < -0.4 is 0 Å². The molecule has 0 unspecified atom stereocenters. The largest absolute Gasteiger partial charge is 0.456 e. The Morgan fingerprint density at radius 2 is 1.91 bits per heavy atom. The van der Waals surface area contributed by atoms with Gasteiger partial charge in [-0.25, -0.2) is 14.0 Å². The number of esters is 1. The van der Waals surface area contributed by atoms with Gasteiger partial charge in [0.15, 0.2) is 11.5 Å². The lowest BCUT2D eigenvalue weighted by Gasteiger charge is -2.17. The van der Waals surface area contributed by atoms with E-state index < -0.39 is 15.7 Å². The molecule has 0 bridgehead atoms. The Morgan fingerprint density at radius 3 is 2.59 bits per heavy atom. The molecule has 0 N–H and O–H groups in total. The monoisotopic (exact) mass is 316 g/mol. The van der Waals surface area contributed by atoms with Gasteiger partial charge >= 0.3 is 5.97 Å². The minimum Gasteiger partial charge on any atom is -0.456 e. The average Bonchev–Trinajstić information content (AvgIpc) is 2.52. The van der Waals surface area contributed by atoms with Crippen LogP contribution in [0.4, 0.5) is 5.82 Å². The van der Waals surface area contributed by atoms with Crippen molar-refractivity contribution < 1.29 is 13.7 Å². The first-order chi connectivity index (χ1) is 10.6. The molecule has 2 heterocycles. The molecule has 3 rings (SSSR count). The van der Waals surface area contributed by atoms with Gasteiger partial charge in [0.05, 0.1) is 9.73 Å². The van der Waals surface area contributed by atoms with E-state index in [2.05, 4.69) is 9.35 Å². The highest BCUT2D eigenvalue weighted by Gasteiger charge is 2.20. The molecule has 1 aliphatic rings. The van der Waals surface area contributed by atoms with Crippen molar-refractivity contribution in [1.29, 1.82) is 0 Å². The lowest BCUT2D eigenvalue weighted by molar-refractivity contribution is 0.0466. The van der Waals surface area contributed by atoms with Gasteiger partial charge in [-0.05, 0) is 24.1 Å². The second kappa shape index (κ2) is 6.27. The van der Waals surface area contributed by atoms with Gasteiger partial charge < -0.3 is 4.74 Å². The Labute approximate surface area is 129 Å². The van der Waals surface area contributed by atoms with Crippen molar-refractivity contribution >= 4 is 21.5 Å². The highest BCUT2D eigenvalue weighted by Crippen LogP contribution is 2.20. The zero-order valence-electron chi connectivity index (χ0n) is 12.0. The van der Waals surface area contributed by atoms with Crippen LogP contribution in [0.15, 0.2) is 52.9 Å². The molecule has 1 saturated heterocycles. The molecular weight excluding hydrogens is 300 g/mol. The van der Waals surface area contributed by atoms with Crippen LogP contribution >= 0.6 is 0 Å². The number of benzene rings is 1. The number of pyridine rings is 1. The van der Waals surface area contributed by atoms with Gasteiger partial charge in [0.25, 0.3) is 0 Å². The summed E-state index contributed by atoms with van der Waals surface area (Å²) in [6.45, 7) is 0.194. The predicted molar refractivity (Wildman–Crippen MR) is 84.4 cm³/mol. The summed E-state index contributed by atoms with van der Waals surface area (Å²) < 4.78 is 21.5. The summed E-state index contributed by atoms with van der Waals surface area (Å²) in [5.74, 6) is 1.04. The third-order valence-electron chi connectivity index (χ3n) is 3.34. The van der Waals surface area contributed by atoms with Crippen molar-refractivity contribution in [3.05, 3.63) is 59.8 Å². The smallest absolute Gasteiger partial charge is 0.357 e. The van der Waals surface area contributed by atoms with Gasteiger partial charge in [-0.1, -0.05) is 36.4 Å². The highest BCUT2D eigenvalue weighted by atomic mass is 32.2. The van der Waals surface area contributed by atoms with E-state index in [1.54, 1.807) is 18.2 Å². The van der Waals surface area contributed by atoms with Crippen molar-refractivity contribution in [2.75, 3.05) is 11.5 Å². The molecule has 0 radical (unpaired) electrons. The first kappa shape index (κ1) is 14.7. The van der Waals surface area contributed by atoms with Crippen LogP contribution in [0.25, 0.3) is 0 Å². The number of hydrogen-bond donors (Lipinski definition) is 0. The van der Waals surface area contributed by atoms with E-state index in [0.717, 1.165) is 12.0 Å². The first-order valence-electron chi connectivity index (χ1n) is 7.05. The number of aromatic nitrogens is 1. The molecule has 2 aromatic rings. The summed E-state index contributed by atoms with van der Waals surface area (Å²) in [7, 11) is -2.13. The van der Waals surface area contributed by atoms with Crippen LogP contribution in [-0.4, -0.2) is 26.7 Å². The number of hydrogen-bond acceptors (Lipinski definition) is 5. The third-order valence-corrected chi connectivity index (χ3v) is 5.72. The fourth-order valence-corrected chi connectivity index (χ4v) is 3.45. The Kier molecular flexibility index (Phi) is 4.20. The maximum atomic E-state index is 12.1. The molecule has 0 saturated carbocycles. The molecule has 114 valence electrons. The fraction of sp³-hybridized carbons (Fsp3) is 0.250. The zero-order chi connectivity index (χ0) is 15.4. The van der Waals surface area contributed by atoms with Crippen molar-refractivity contribution in [3.8, 4) is 0 Å². The summed E-state index contributed by atoms with van der Waals surface area (Å²) in [4.78, 5) is 16.2. The Hall–Kier alpha value is -2.21. The van der Waals surface area contributed by atoms with E-state index in [4.69, 9.17) is 4.74 Å².